The second kappa shape index (κ2) is 7.42. The maximum atomic E-state index is 13.2. The maximum absolute atomic E-state index is 13.2. The highest BCUT2D eigenvalue weighted by Crippen LogP contribution is 2.36. The maximum Gasteiger partial charge on any atom is 0.417 e. The number of nitrogens with one attached hydrogen (secondary N) is 2. The molecular formula is C19H17F3N2O3. The molecule has 142 valence electrons. The molecule has 0 amide bonds. The van der Waals surface area contributed by atoms with E-state index in [9.17, 15) is 23.1 Å². The highest BCUT2D eigenvalue weighted by Gasteiger charge is 2.33. The van der Waals surface area contributed by atoms with Gasteiger partial charge in [0.05, 0.1) is 18.3 Å². The van der Waals surface area contributed by atoms with Crippen molar-refractivity contribution in [1.82, 2.24) is 4.98 Å². The van der Waals surface area contributed by atoms with E-state index in [1.54, 1.807) is 12.1 Å². The number of benzene rings is 2. The zero-order valence-corrected chi connectivity index (χ0v) is 14.0. The van der Waals surface area contributed by atoms with Gasteiger partial charge in [0.25, 0.3) is 5.56 Å². The van der Waals surface area contributed by atoms with Crippen LogP contribution in [0.5, 0.6) is 0 Å². The molecule has 0 aliphatic rings. The Morgan fingerprint density at radius 2 is 1.85 bits per heavy atom. The molecule has 1 atom stereocenters. The van der Waals surface area contributed by atoms with Crippen molar-refractivity contribution in [3.63, 3.8) is 0 Å². The molecule has 4 N–H and O–H groups in total. The number of anilines is 1. The van der Waals surface area contributed by atoms with E-state index < -0.39 is 30.0 Å². The minimum absolute atomic E-state index is 0.0804. The molecule has 0 saturated carbocycles. The molecule has 1 heterocycles. The van der Waals surface area contributed by atoms with Crippen molar-refractivity contribution in [2.24, 2.45) is 0 Å². The molecule has 0 spiro atoms. The molecule has 1 aromatic heterocycles. The number of alkyl halides is 3. The van der Waals surface area contributed by atoms with Crippen LogP contribution in [0.3, 0.4) is 0 Å². The lowest BCUT2D eigenvalue weighted by atomic mass is 10.0. The van der Waals surface area contributed by atoms with Crippen LogP contribution in [0.4, 0.5) is 18.9 Å². The lowest BCUT2D eigenvalue weighted by Crippen LogP contribution is -2.23. The van der Waals surface area contributed by atoms with Gasteiger partial charge >= 0.3 is 6.18 Å². The van der Waals surface area contributed by atoms with Crippen LogP contribution in [0.1, 0.15) is 5.56 Å². The molecule has 3 aromatic rings. The largest absolute Gasteiger partial charge is 0.417 e. The summed E-state index contributed by atoms with van der Waals surface area (Å²) in [6.07, 6.45) is -5.48. The Bertz CT molecular complexity index is 1010. The summed E-state index contributed by atoms with van der Waals surface area (Å²) in [5.41, 5.74) is -0.819. The van der Waals surface area contributed by atoms with Gasteiger partial charge in [0.15, 0.2) is 0 Å². The summed E-state index contributed by atoms with van der Waals surface area (Å²) >= 11 is 0. The average molecular weight is 378 g/mol. The van der Waals surface area contributed by atoms with Gasteiger partial charge < -0.3 is 20.5 Å². The standard InChI is InChI=1S/C19H17F3N2O3/c20-19(21,22)16-4-2-1-3-14(16)17-7-11-5-6-12(23-9-13(26)10-25)8-15(11)18(27)24-17/h1-8,13,23,25-26H,9-10H2,(H,24,27)/t13-/m1/s1. The second-order valence-electron chi connectivity index (χ2n) is 6.07. The quantitative estimate of drug-likeness (QED) is 0.550. The van der Waals surface area contributed by atoms with E-state index in [0.29, 0.717) is 16.5 Å². The molecule has 0 aliphatic heterocycles. The summed E-state index contributed by atoms with van der Waals surface area (Å²) in [6, 6.07) is 11.3. The van der Waals surface area contributed by atoms with Gasteiger partial charge in [0, 0.05) is 28.9 Å². The lowest BCUT2D eigenvalue weighted by molar-refractivity contribution is -0.137. The van der Waals surface area contributed by atoms with Crippen LogP contribution in [0.25, 0.3) is 22.0 Å². The van der Waals surface area contributed by atoms with Crippen molar-refractivity contribution in [3.05, 3.63) is 64.4 Å². The Morgan fingerprint density at radius 3 is 2.56 bits per heavy atom. The summed E-state index contributed by atoms with van der Waals surface area (Å²) < 4.78 is 39.7. The minimum atomic E-state index is -4.54. The van der Waals surface area contributed by atoms with Crippen molar-refractivity contribution in [2.75, 3.05) is 18.5 Å². The predicted molar refractivity (Wildman–Crippen MR) is 96.6 cm³/mol. The lowest BCUT2D eigenvalue weighted by Gasteiger charge is -2.14. The third-order valence-electron chi connectivity index (χ3n) is 4.12. The Morgan fingerprint density at radius 1 is 1.11 bits per heavy atom. The van der Waals surface area contributed by atoms with Crippen molar-refractivity contribution < 1.29 is 23.4 Å². The van der Waals surface area contributed by atoms with E-state index >= 15 is 0 Å². The number of aliphatic hydroxyl groups is 2. The molecule has 5 nitrogen and oxygen atoms in total. The summed E-state index contributed by atoms with van der Waals surface area (Å²) in [6.45, 7) is -0.305. The van der Waals surface area contributed by atoms with Crippen molar-refractivity contribution in [1.29, 1.82) is 0 Å². The normalized spacial score (nSPS) is 12.9. The van der Waals surface area contributed by atoms with Gasteiger partial charge in [-0.25, -0.2) is 0 Å². The molecule has 8 heteroatoms. The van der Waals surface area contributed by atoms with E-state index in [4.69, 9.17) is 5.11 Å². The molecule has 0 unspecified atom stereocenters. The van der Waals surface area contributed by atoms with Crippen molar-refractivity contribution in [2.45, 2.75) is 12.3 Å². The highest BCUT2D eigenvalue weighted by molar-refractivity contribution is 5.88. The van der Waals surface area contributed by atoms with Crippen LogP contribution in [-0.4, -0.2) is 34.5 Å². The number of pyridine rings is 1. The van der Waals surface area contributed by atoms with Gasteiger partial charge in [-0.05, 0) is 29.7 Å². The number of aromatic amines is 1. The fourth-order valence-corrected chi connectivity index (χ4v) is 2.78. The third-order valence-corrected chi connectivity index (χ3v) is 4.12. The molecule has 2 aromatic carbocycles. The summed E-state index contributed by atoms with van der Waals surface area (Å²) in [5, 5.41) is 21.9. The first kappa shape index (κ1) is 18.9. The summed E-state index contributed by atoms with van der Waals surface area (Å²) in [5.74, 6) is 0. The van der Waals surface area contributed by atoms with Gasteiger partial charge in [-0.15, -0.1) is 0 Å². The number of H-pyrrole nitrogens is 1. The Kier molecular flexibility index (Phi) is 5.20. The number of hydrogen-bond acceptors (Lipinski definition) is 4. The first-order valence-corrected chi connectivity index (χ1v) is 8.16. The molecule has 0 aliphatic carbocycles. The number of fused-ring (bicyclic) bond motifs is 1. The number of halogens is 3. The summed E-state index contributed by atoms with van der Waals surface area (Å²) in [4.78, 5) is 14.9. The second-order valence-corrected chi connectivity index (χ2v) is 6.07. The van der Waals surface area contributed by atoms with Crippen LogP contribution in [0.15, 0.2) is 53.3 Å². The molecule has 0 fully saturated rings. The van der Waals surface area contributed by atoms with Gasteiger partial charge in [0.2, 0.25) is 0 Å². The zero-order chi connectivity index (χ0) is 19.6. The Labute approximate surface area is 152 Å². The average Bonchev–Trinajstić information content (AvgIpc) is 2.65. The van der Waals surface area contributed by atoms with Gasteiger partial charge in [0.1, 0.15) is 0 Å². The zero-order valence-electron chi connectivity index (χ0n) is 14.0. The smallest absolute Gasteiger partial charge is 0.394 e. The molecule has 3 rings (SSSR count). The molecule has 0 bridgehead atoms. The van der Waals surface area contributed by atoms with Gasteiger partial charge in [-0.3, -0.25) is 4.79 Å². The van der Waals surface area contributed by atoms with Gasteiger partial charge in [-0.2, -0.15) is 13.2 Å². The number of hydrogen-bond donors (Lipinski definition) is 4. The highest BCUT2D eigenvalue weighted by atomic mass is 19.4. The van der Waals surface area contributed by atoms with Crippen molar-refractivity contribution in [3.8, 4) is 11.3 Å². The van der Waals surface area contributed by atoms with Crippen molar-refractivity contribution >= 4 is 16.5 Å². The number of rotatable bonds is 5. The SMILES string of the molecule is O=c1[nH]c(-c2ccccc2C(F)(F)F)cc2ccc(NC[C@@H](O)CO)cc12. The molecule has 0 radical (unpaired) electrons. The Hall–Kier alpha value is -2.84. The topological polar surface area (TPSA) is 85.4 Å². The van der Waals surface area contributed by atoms with E-state index in [1.165, 1.54) is 30.3 Å². The van der Waals surface area contributed by atoms with E-state index in [-0.39, 0.29) is 17.8 Å². The van der Waals surface area contributed by atoms with E-state index in [0.717, 1.165) is 6.07 Å². The summed E-state index contributed by atoms with van der Waals surface area (Å²) in [7, 11) is 0. The predicted octanol–water partition coefficient (Wildman–Crippen LogP) is 2.98. The fourth-order valence-electron chi connectivity index (χ4n) is 2.78. The van der Waals surface area contributed by atoms with Crippen LogP contribution in [-0.2, 0) is 6.18 Å². The van der Waals surface area contributed by atoms with Gasteiger partial charge in [-0.1, -0.05) is 24.3 Å². The third kappa shape index (κ3) is 4.12. The minimum Gasteiger partial charge on any atom is -0.394 e. The first-order chi connectivity index (χ1) is 12.8. The van der Waals surface area contributed by atoms with Crippen LogP contribution in [0.2, 0.25) is 0 Å². The molecule has 0 saturated heterocycles. The fraction of sp³-hybridized carbons (Fsp3) is 0.211. The molecular weight excluding hydrogens is 361 g/mol. The Balaban J connectivity index is 2.03. The van der Waals surface area contributed by atoms with Crippen LogP contribution >= 0.6 is 0 Å². The monoisotopic (exact) mass is 378 g/mol. The number of aromatic nitrogens is 1. The van der Waals surface area contributed by atoms with E-state index in [1.807, 2.05) is 0 Å². The van der Waals surface area contributed by atoms with Crippen LogP contribution in [0, 0.1) is 0 Å². The molecule has 27 heavy (non-hydrogen) atoms. The number of aliphatic hydroxyl groups excluding tert-OH is 2. The van der Waals surface area contributed by atoms with E-state index in [2.05, 4.69) is 10.3 Å². The first-order valence-electron chi connectivity index (χ1n) is 8.16. The van der Waals surface area contributed by atoms with Crippen LogP contribution < -0.4 is 10.9 Å².